The van der Waals surface area contributed by atoms with Crippen molar-refractivity contribution in [1.29, 1.82) is 5.26 Å². The van der Waals surface area contributed by atoms with Crippen LogP contribution in [-0.4, -0.2) is 45.4 Å². The van der Waals surface area contributed by atoms with Crippen molar-refractivity contribution >= 4 is 17.0 Å². The maximum absolute atomic E-state index is 11.5. The fourth-order valence-electron chi connectivity index (χ4n) is 5.18. The van der Waals surface area contributed by atoms with Crippen molar-refractivity contribution in [2.24, 2.45) is 7.05 Å². The van der Waals surface area contributed by atoms with Crippen molar-refractivity contribution in [3.63, 3.8) is 0 Å². The third kappa shape index (κ3) is 6.47. The van der Waals surface area contributed by atoms with Crippen LogP contribution in [0.4, 0.5) is 0 Å². The number of fused-ring (bicyclic) bond motifs is 7. The average molecular weight is 589 g/mol. The molecular weight excluding hydrogens is 556 g/mol. The summed E-state index contributed by atoms with van der Waals surface area (Å²) < 4.78 is 18.9. The number of aromatic carboxylic acids is 1. The molecule has 0 radical (unpaired) electrons. The van der Waals surface area contributed by atoms with Crippen LogP contribution in [0.15, 0.2) is 72.8 Å². The number of carboxylic acids is 1. The second-order valence-corrected chi connectivity index (χ2v) is 10.8. The van der Waals surface area contributed by atoms with Gasteiger partial charge in [-0.2, -0.15) is 5.26 Å². The quantitative estimate of drug-likeness (QED) is 0.279. The monoisotopic (exact) mass is 588 g/mol. The van der Waals surface area contributed by atoms with Crippen molar-refractivity contribution < 1.29 is 24.1 Å². The number of imidazole rings is 1. The minimum Gasteiger partial charge on any atom is -0.478 e. The molecule has 0 aliphatic carbocycles. The molecule has 0 spiro atoms. The van der Waals surface area contributed by atoms with Gasteiger partial charge in [0.2, 0.25) is 5.88 Å². The Morgan fingerprint density at radius 1 is 0.932 bits per heavy atom. The first kappa shape index (κ1) is 29.1. The van der Waals surface area contributed by atoms with Crippen LogP contribution in [0.3, 0.4) is 0 Å². The second kappa shape index (κ2) is 13.1. The van der Waals surface area contributed by atoms with Crippen molar-refractivity contribution in [3.8, 4) is 23.2 Å². The molecule has 9 heteroatoms. The molecule has 2 aliphatic rings. The molecule has 3 aromatic carbocycles. The fraction of sp³-hybridized carbons (Fsp3) is 0.257. The van der Waals surface area contributed by atoms with Crippen LogP contribution in [0.1, 0.15) is 50.4 Å². The van der Waals surface area contributed by atoms with E-state index in [1.54, 1.807) is 24.3 Å². The first-order valence-electron chi connectivity index (χ1n) is 14.6. The fourth-order valence-corrected chi connectivity index (χ4v) is 5.18. The molecule has 1 saturated heterocycles. The van der Waals surface area contributed by atoms with Gasteiger partial charge in [0.15, 0.2) is 0 Å². The number of carbonyl (C=O) groups is 1. The summed E-state index contributed by atoms with van der Waals surface area (Å²) in [7, 11) is 1.90. The van der Waals surface area contributed by atoms with Crippen LogP contribution < -0.4 is 4.74 Å². The van der Waals surface area contributed by atoms with Gasteiger partial charge in [-0.25, -0.2) is 14.8 Å². The van der Waals surface area contributed by atoms with E-state index in [0.29, 0.717) is 44.1 Å². The highest BCUT2D eigenvalue weighted by molar-refractivity contribution is 5.92. The highest BCUT2D eigenvalue weighted by Crippen LogP contribution is 2.27. The SMILES string of the molecule is C1COC1.Cn1c(Cc2ccc3cc2COCCc2cc(C#N)ccc2COc2cccc-3n2)nc2ccc(C(=O)O)cc21. The predicted molar refractivity (Wildman–Crippen MR) is 164 cm³/mol. The molecule has 1 N–H and O–H groups in total. The Labute approximate surface area is 255 Å². The molecule has 9 nitrogen and oxygen atoms in total. The Morgan fingerprint density at radius 3 is 2.55 bits per heavy atom. The molecule has 2 aliphatic heterocycles. The first-order chi connectivity index (χ1) is 21.5. The van der Waals surface area contributed by atoms with Crippen molar-refractivity contribution in [2.75, 3.05) is 19.8 Å². The van der Waals surface area contributed by atoms with Gasteiger partial charge < -0.3 is 23.9 Å². The number of rotatable bonds is 3. The number of benzene rings is 3. The minimum atomic E-state index is -0.964. The van der Waals surface area contributed by atoms with Gasteiger partial charge >= 0.3 is 5.97 Å². The summed E-state index contributed by atoms with van der Waals surface area (Å²) in [6.07, 6.45) is 2.48. The van der Waals surface area contributed by atoms with E-state index in [0.717, 1.165) is 63.6 Å². The number of ether oxygens (including phenoxy) is 3. The van der Waals surface area contributed by atoms with E-state index in [2.05, 4.69) is 18.2 Å². The second-order valence-electron chi connectivity index (χ2n) is 10.8. The van der Waals surface area contributed by atoms with E-state index in [-0.39, 0.29) is 5.56 Å². The molecular formula is C35H32N4O5. The van der Waals surface area contributed by atoms with Crippen LogP contribution in [-0.2, 0) is 42.6 Å². The van der Waals surface area contributed by atoms with Crippen LogP contribution in [0.5, 0.6) is 5.88 Å². The molecule has 0 saturated carbocycles. The number of aryl methyl sites for hydroxylation is 1. The Kier molecular flexibility index (Phi) is 8.64. The minimum absolute atomic E-state index is 0.232. The van der Waals surface area contributed by atoms with Crippen LogP contribution in [0, 0.1) is 11.3 Å². The normalized spacial score (nSPS) is 14.1. The molecule has 0 amide bonds. The lowest BCUT2D eigenvalue weighted by atomic mass is 9.99. The van der Waals surface area contributed by atoms with Crippen molar-refractivity contribution in [3.05, 3.63) is 112 Å². The van der Waals surface area contributed by atoms with Gasteiger partial charge in [0, 0.05) is 38.3 Å². The largest absolute Gasteiger partial charge is 0.478 e. The first-order valence-corrected chi connectivity index (χ1v) is 14.6. The molecule has 4 bridgehead atoms. The third-order valence-electron chi connectivity index (χ3n) is 7.86. The van der Waals surface area contributed by atoms with Gasteiger partial charge in [-0.15, -0.1) is 0 Å². The Morgan fingerprint density at radius 2 is 1.77 bits per heavy atom. The topological polar surface area (TPSA) is 119 Å². The van der Waals surface area contributed by atoms with E-state index in [1.807, 2.05) is 48.0 Å². The zero-order valence-electron chi connectivity index (χ0n) is 24.5. The molecule has 0 unspecified atom stereocenters. The van der Waals surface area contributed by atoms with Crippen LogP contribution in [0.25, 0.3) is 22.3 Å². The zero-order valence-corrected chi connectivity index (χ0v) is 24.5. The maximum Gasteiger partial charge on any atom is 0.335 e. The molecule has 4 heterocycles. The molecule has 5 aromatic rings. The van der Waals surface area contributed by atoms with Gasteiger partial charge in [-0.05, 0) is 77.6 Å². The average Bonchev–Trinajstić information content (AvgIpc) is 3.32. The molecule has 2 aromatic heterocycles. The summed E-state index contributed by atoms with van der Waals surface area (Å²) in [4.78, 5) is 21.0. The van der Waals surface area contributed by atoms with E-state index in [1.165, 1.54) is 6.42 Å². The Hall–Kier alpha value is -5.04. The molecule has 44 heavy (non-hydrogen) atoms. The number of aromatic nitrogens is 3. The van der Waals surface area contributed by atoms with Crippen LogP contribution in [0.2, 0.25) is 0 Å². The summed E-state index contributed by atoms with van der Waals surface area (Å²) in [5.74, 6) is 0.397. The predicted octanol–water partition coefficient (Wildman–Crippen LogP) is 5.85. The standard InChI is InChI=1S/C32H26N4O4.C3H6O/c1-36-29-15-24(32(37)38)9-10-28(29)34-30(36)16-21-7-8-23-14-26(21)18-39-12-11-22-13-20(17-33)5-6-25(22)19-40-31-4-2-3-27(23)35-31;1-2-4-3-1/h2-10,13-15H,11-12,16,18-19H2,1H3,(H,37,38);1-3H2. The lowest BCUT2D eigenvalue weighted by Crippen LogP contribution is -2.09. The van der Waals surface area contributed by atoms with Gasteiger partial charge in [0.25, 0.3) is 0 Å². The van der Waals surface area contributed by atoms with Gasteiger partial charge in [0.05, 0.1) is 47.1 Å². The Bertz CT molecular complexity index is 1870. The summed E-state index contributed by atoms with van der Waals surface area (Å²) in [5, 5.41) is 18.8. The van der Waals surface area contributed by atoms with E-state index < -0.39 is 5.97 Å². The number of nitriles is 1. The molecule has 7 rings (SSSR count). The number of pyridine rings is 1. The summed E-state index contributed by atoms with van der Waals surface area (Å²) >= 11 is 0. The summed E-state index contributed by atoms with van der Waals surface area (Å²) in [6, 6.07) is 24.8. The molecule has 1 fully saturated rings. The van der Waals surface area contributed by atoms with Gasteiger partial charge in [-0.3, -0.25) is 0 Å². The molecule has 222 valence electrons. The van der Waals surface area contributed by atoms with E-state index >= 15 is 0 Å². The number of nitrogens with zero attached hydrogens (tertiary/aromatic N) is 4. The molecule has 0 atom stereocenters. The number of carboxylic acid groups (broad SMARTS) is 1. The van der Waals surface area contributed by atoms with E-state index in [9.17, 15) is 15.2 Å². The van der Waals surface area contributed by atoms with Crippen molar-refractivity contribution in [2.45, 2.75) is 32.5 Å². The maximum atomic E-state index is 11.5. The van der Waals surface area contributed by atoms with Crippen LogP contribution >= 0.6 is 0 Å². The highest BCUT2D eigenvalue weighted by Gasteiger charge is 2.16. The van der Waals surface area contributed by atoms with E-state index in [4.69, 9.17) is 24.2 Å². The lowest BCUT2D eigenvalue weighted by molar-refractivity contribution is 0.0367. The number of hydrogen-bond acceptors (Lipinski definition) is 7. The summed E-state index contributed by atoms with van der Waals surface area (Å²) in [5.41, 5.74) is 8.22. The smallest absolute Gasteiger partial charge is 0.335 e. The number of hydrogen-bond donors (Lipinski definition) is 1. The zero-order chi connectivity index (χ0) is 30.5. The summed E-state index contributed by atoms with van der Waals surface area (Å²) in [6.45, 7) is 3.24. The van der Waals surface area contributed by atoms with Gasteiger partial charge in [0.1, 0.15) is 12.4 Å². The Balaban J connectivity index is 0.000000794. The van der Waals surface area contributed by atoms with Gasteiger partial charge in [-0.1, -0.05) is 24.3 Å². The third-order valence-corrected chi connectivity index (χ3v) is 7.86. The lowest BCUT2D eigenvalue weighted by Gasteiger charge is -2.16. The highest BCUT2D eigenvalue weighted by atomic mass is 16.5. The van der Waals surface area contributed by atoms with Crippen molar-refractivity contribution in [1.82, 2.24) is 14.5 Å².